The molecule has 3 rings (SSSR count). The van der Waals surface area contributed by atoms with Crippen LogP contribution in [-0.2, 0) is 21.9 Å². The third-order valence-electron chi connectivity index (χ3n) is 4.40. The van der Waals surface area contributed by atoms with Gasteiger partial charge in [-0.1, -0.05) is 35.9 Å². The number of benzene rings is 2. The largest absolute Gasteiger partial charge is 0.493 e. The molecule has 0 bridgehead atoms. The van der Waals surface area contributed by atoms with Gasteiger partial charge in [0.05, 0.1) is 17.0 Å². The Morgan fingerprint density at radius 3 is 2.46 bits per heavy atom. The van der Waals surface area contributed by atoms with E-state index in [4.69, 9.17) is 0 Å². The number of amides is 1. The molecule has 1 amide bonds. The molecule has 0 aliphatic heterocycles. The van der Waals surface area contributed by atoms with Gasteiger partial charge < -0.3 is 9.67 Å². The van der Waals surface area contributed by atoms with Crippen molar-refractivity contribution < 1.29 is 18.3 Å². The van der Waals surface area contributed by atoms with E-state index in [0.29, 0.717) is 5.39 Å². The van der Waals surface area contributed by atoms with E-state index in [1.165, 1.54) is 23.7 Å². The summed E-state index contributed by atoms with van der Waals surface area (Å²) < 4.78 is 27.5. The lowest BCUT2D eigenvalue weighted by Crippen LogP contribution is -2.31. The Hall–Kier alpha value is -3.04. The number of nitrogens with zero attached hydrogens (tertiary/aromatic N) is 4. The lowest BCUT2D eigenvalue weighted by molar-refractivity contribution is -0.118. The second-order valence-corrected chi connectivity index (χ2v) is 8.46. The molecule has 0 saturated carbocycles. The summed E-state index contributed by atoms with van der Waals surface area (Å²) in [6, 6.07) is 13.5. The van der Waals surface area contributed by atoms with Crippen molar-refractivity contribution in [2.24, 2.45) is 17.3 Å². The van der Waals surface area contributed by atoms with E-state index in [1.807, 2.05) is 13.0 Å². The highest BCUT2D eigenvalue weighted by molar-refractivity contribution is 7.89. The number of azo groups is 1. The molecule has 0 radical (unpaired) electrons. The first kappa shape index (κ1) is 19.7. The van der Waals surface area contributed by atoms with Crippen LogP contribution < -0.4 is 0 Å². The van der Waals surface area contributed by atoms with Gasteiger partial charge in [0, 0.05) is 19.5 Å². The van der Waals surface area contributed by atoms with Crippen LogP contribution in [0, 0.1) is 6.92 Å². The second kappa shape index (κ2) is 7.53. The van der Waals surface area contributed by atoms with E-state index in [9.17, 15) is 18.3 Å². The summed E-state index contributed by atoms with van der Waals surface area (Å²) in [5, 5.41) is 18.3. The summed E-state index contributed by atoms with van der Waals surface area (Å²) in [5.41, 5.74) is 1.83. The molecule has 1 aromatic heterocycles. The fourth-order valence-electron chi connectivity index (χ4n) is 2.76. The van der Waals surface area contributed by atoms with Gasteiger partial charge in [0.25, 0.3) is 5.91 Å². The molecule has 3 aromatic rings. The fourth-order valence-corrected chi connectivity index (χ4v) is 3.88. The zero-order chi connectivity index (χ0) is 20.5. The SMILES string of the molecule is Cc1ccc(S(=O)(=O)N(C)CC(=O)N=Nc2c(O)n(C)c3ccccc23)cc1. The smallest absolute Gasteiger partial charge is 0.279 e. The standard InChI is InChI=1S/C19H20N4O4S/c1-13-8-10-14(11-9-13)28(26,27)22(2)12-17(24)20-21-18-15-6-4-5-7-16(15)23(3)19(18)25/h4-11,25H,12H2,1-3H3. The van der Waals surface area contributed by atoms with Crippen LogP contribution in [0.4, 0.5) is 5.69 Å². The highest BCUT2D eigenvalue weighted by atomic mass is 32.2. The predicted octanol–water partition coefficient (Wildman–Crippen LogP) is 3.12. The molecule has 1 N–H and O–H groups in total. The summed E-state index contributed by atoms with van der Waals surface area (Å²) in [6.45, 7) is 1.39. The molecule has 0 unspecified atom stereocenters. The lowest BCUT2D eigenvalue weighted by atomic mass is 10.2. The third-order valence-corrected chi connectivity index (χ3v) is 6.22. The number of para-hydroxylation sites is 1. The number of hydrogen-bond donors (Lipinski definition) is 1. The van der Waals surface area contributed by atoms with Gasteiger partial charge in [-0.3, -0.25) is 4.79 Å². The summed E-state index contributed by atoms with van der Waals surface area (Å²) in [5.74, 6) is -0.871. The Morgan fingerprint density at radius 1 is 1.14 bits per heavy atom. The average molecular weight is 400 g/mol. The molecule has 0 atom stereocenters. The second-order valence-electron chi connectivity index (χ2n) is 6.42. The summed E-state index contributed by atoms with van der Waals surface area (Å²) >= 11 is 0. The van der Waals surface area contributed by atoms with E-state index >= 15 is 0 Å². The van der Waals surface area contributed by atoms with Crippen LogP contribution in [0.2, 0.25) is 0 Å². The molecule has 2 aromatic carbocycles. The van der Waals surface area contributed by atoms with Crippen molar-refractivity contribution in [3.05, 3.63) is 54.1 Å². The van der Waals surface area contributed by atoms with E-state index < -0.39 is 22.5 Å². The lowest BCUT2D eigenvalue weighted by Gasteiger charge is -2.15. The van der Waals surface area contributed by atoms with Crippen LogP contribution in [0.1, 0.15) is 5.56 Å². The fraction of sp³-hybridized carbons (Fsp3) is 0.211. The van der Waals surface area contributed by atoms with Crippen LogP contribution in [0.3, 0.4) is 0 Å². The first-order chi connectivity index (χ1) is 13.2. The van der Waals surface area contributed by atoms with Crippen LogP contribution in [0.5, 0.6) is 5.88 Å². The Morgan fingerprint density at radius 2 is 1.79 bits per heavy atom. The predicted molar refractivity (Wildman–Crippen MR) is 105 cm³/mol. The van der Waals surface area contributed by atoms with Gasteiger partial charge in [0.1, 0.15) is 0 Å². The number of carbonyl (C=O) groups is 1. The minimum Gasteiger partial charge on any atom is -0.493 e. The van der Waals surface area contributed by atoms with Gasteiger partial charge in [-0.2, -0.15) is 4.31 Å². The molecule has 9 heteroatoms. The number of aromatic nitrogens is 1. The summed E-state index contributed by atoms with van der Waals surface area (Å²) in [4.78, 5) is 12.3. The molecule has 28 heavy (non-hydrogen) atoms. The first-order valence-corrected chi connectivity index (χ1v) is 9.90. The topological polar surface area (TPSA) is 104 Å². The van der Waals surface area contributed by atoms with Gasteiger partial charge in [0.15, 0.2) is 5.69 Å². The van der Waals surface area contributed by atoms with Crippen molar-refractivity contribution in [1.82, 2.24) is 8.87 Å². The minimum atomic E-state index is -3.82. The normalized spacial score (nSPS) is 12.3. The van der Waals surface area contributed by atoms with Crippen LogP contribution in [-0.4, -0.2) is 41.9 Å². The number of likely N-dealkylation sites (N-methyl/N-ethyl adjacent to an activating group) is 1. The number of hydrogen-bond acceptors (Lipinski definition) is 5. The first-order valence-electron chi connectivity index (χ1n) is 8.46. The van der Waals surface area contributed by atoms with Crippen molar-refractivity contribution in [2.75, 3.05) is 13.6 Å². The number of aromatic hydroxyl groups is 1. The number of carbonyl (C=O) groups excluding carboxylic acids is 1. The maximum absolute atomic E-state index is 12.5. The molecular weight excluding hydrogens is 380 g/mol. The van der Waals surface area contributed by atoms with Crippen LogP contribution >= 0.6 is 0 Å². The highest BCUT2D eigenvalue weighted by Crippen LogP contribution is 2.37. The zero-order valence-electron chi connectivity index (χ0n) is 15.7. The van der Waals surface area contributed by atoms with Crippen molar-refractivity contribution >= 4 is 32.5 Å². The molecule has 0 aliphatic carbocycles. The summed E-state index contributed by atoms with van der Waals surface area (Å²) in [7, 11) is -0.844. The number of sulfonamides is 1. The van der Waals surface area contributed by atoms with Crippen LogP contribution in [0.15, 0.2) is 63.7 Å². The van der Waals surface area contributed by atoms with E-state index in [2.05, 4.69) is 10.2 Å². The van der Waals surface area contributed by atoms with Crippen LogP contribution in [0.25, 0.3) is 10.9 Å². The Bertz CT molecular complexity index is 1160. The van der Waals surface area contributed by atoms with Gasteiger partial charge in [-0.25, -0.2) is 8.42 Å². The molecule has 0 saturated heterocycles. The molecule has 146 valence electrons. The number of fused-ring (bicyclic) bond motifs is 1. The number of aryl methyl sites for hydroxylation is 2. The van der Waals surface area contributed by atoms with Gasteiger partial charge >= 0.3 is 0 Å². The van der Waals surface area contributed by atoms with E-state index in [1.54, 1.807) is 37.4 Å². The Labute approximate surface area is 162 Å². The third kappa shape index (κ3) is 3.67. The zero-order valence-corrected chi connectivity index (χ0v) is 16.5. The number of rotatable bonds is 5. The van der Waals surface area contributed by atoms with E-state index in [-0.39, 0.29) is 16.5 Å². The minimum absolute atomic E-state index is 0.0945. The maximum Gasteiger partial charge on any atom is 0.279 e. The Balaban J connectivity index is 1.79. The summed E-state index contributed by atoms with van der Waals surface area (Å²) in [6.07, 6.45) is 0. The molecule has 0 aliphatic rings. The molecule has 0 fully saturated rings. The molecule has 0 spiro atoms. The molecular formula is C19H20N4O4S. The highest BCUT2D eigenvalue weighted by Gasteiger charge is 2.23. The van der Waals surface area contributed by atoms with Crippen molar-refractivity contribution in [3.63, 3.8) is 0 Å². The van der Waals surface area contributed by atoms with Gasteiger partial charge in [0.2, 0.25) is 15.9 Å². The molecule has 1 heterocycles. The van der Waals surface area contributed by atoms with Crippen molar-refractivity contribution in [1.29, 1.82) is 0 Å². The monoisotopic (exact) mass is 400 g/mol. The maximum atomic E-state index is 12.5. The molecule has 8 nitrogen and oxygen atoms in total. The van der Waals surface area contributed by atoms with Gasteiger partial charge in [-0.05, 0) is 25.1 Å². The van der Waals surface area contributed by atoms with Gasteiger partial charge in [-0.15, -0.1) is 10.2 Å². The Kier molecular flexibility index (Phi) is 5.30. The average Bonchev–Trinajstić information content (AvgIpc) is 2.91. The van der Waals surface area contributed by atoms with Crippen molar-refractivity contribution in [3.8, 4) is 5.88 Å². The quantitative estimate of drug-likeness (QED) is 0.664. The van der Waals surface area contributed by atoms with E-state index in [0.717, 1.165) is 15.4 Å². The van der Waals surface area contributed by atoms with Crippen molar-refractivity contribution in [2.45, 2.75) is 11.8 Å².